The Morgan fingerprint density at radius 2 is 2.08 bits per heavy atom. The molecule has 0 unspecified atom stereocenters. The van der Waals surface area contributed by atoms with Crippen LogP contribution in [0.3, 0.4) is 0 Å². The van der Waals surface area contributed by atoms with Gasteiger partial charge in [0.1, 0.15) is 0 Å². The van der Waals surface area contributed by atoms with Crippen molar-refractivity contribution >= 4 is 8.07 Å². The van der Waals surface area contributed by atoms with E-state index in [9.17, 15) is 0 Å². The number of hydrogen-bond donors (Lipinski definition) is 0. The summed E-state index contributed by atoms with van der Waals surface area (Å²) in [5.74, 6) is 0. The Bertz CT molecular complexity index is 269. The molecule has 0 amide bonds. The van der Waals surface area contributed by atoms with Crippen LogP contribution in [-0.2, 0) is 0 Å². The molecule has 0 atom stereocenters. The normalized spacial score (nSPS) is 27.1. The van der Waals surface area contributed by atoms with Gasteiger partial charge in [-0.05, 0) is 13.3 Å². The van der Waals surface area contributed by atoms with Gasteiger partial charge in [-0.3, -0.25) is 0 Å². The summed E-state index contributed by atoms with van der Waals surface area (Å²) in [5, 5.41) is 1.74. The van der Waals surface area contributed by atoms with E-state index < -0.39 is 8.07 Å². The molecule has 0 aromatic heterocycles. The van der Waals surface area contributed by atoms with Crippen LogP contribution in [0.25, 0.3) is 0 Å². The molecule has 65 valence electrons. The molecule has 0 aromatic rings. The molecule has 1 heterocycles. The van der Waals surface area contributed by atoms with E-state index in [2.05, 4.69) is 32.5 Å². The molecule has 1 aliphatic heterocycles. The van der Waals surface area contributed by atoms with Crippen LogP contribution < -0.4 is 0 Å². The first kappa shape index (κ1) is 8.30. The molecule has 1 radical (unpaired) electrons. The minimum Gasteiger partial charge on any atom is -0.0654 e. The average Bonchev–Trinajstić information content (AvgIpc) is 2.30. The Kier molecular flexibility index (Phi) is 1.79. The van der Waals surface area contributed by atoms with Gasteiger partial charge in [-0.25, -0.2) is 0 Å². The number of allylic oxidation sites excluding steroid dienone is 4. The van der Waals surface area contributed by atoms with E-state index >= 15 is 0 Å². The fourth-order valence-corrected chi connectivity index (χ4v) is 5.42. The fraction of sp³-hybridized carbons (Fsp3) is 0.545. The highest BCUT2D eigenvalue weighted by Crippen LogP contribution is 2.40. The van der Waals surface area contributed by atoms with E-state index in [1.165, 1.54) is 24.5 Å². The van der Waals surface area contributed by atoms with Crippen molar-refractivity contribution in [1.29, 1.82) is 0 Å². The van der Waals surface area contributed by atoms with Gasteiger partial charge in [0.05, 0.1) is 8.07 Å². The van der Waals surface area contributed by atoms with Crippen molar-refractivity contribution in [3.8, 4) is 0 Å². The van der Waals surface area contributed by atoms with Crippen LogP contribution in [0.15, 0.2) is 22.4 Å². The molecule has 0 fully saturated rings. The minimum absolute atomic E-state index is 0.990. The summed E-state index contributed by atoms with van der Waals surface area (Å²) < 4.78 is 0. The van der Waals surface area contributed by atoms with Crippen LogP contribution in [0.2, 0.25) is 19.1 Å². The van der Waals surface area contributed by atoms with Crippen LogP contribution in [0.5, 0.6) is 0 Å². The van der Waals surface area contributed by atoms with Gasteiger partial charge in [-0.15, -0.1) is 0 Å². The first-order valence-corrected chi connectivity index (χ1v) is 8.07. The summed E-state index contributed by atoms with van der Waals surface area (Å²) in [6.07, 6.45) is 7.58. The van der Waals surface area contributed by atoms with Gasteiger partial charge >= 0.3 is 0 Å². The molecule has 0 N–H and O–H groups in total. The van der Waals surface area contributed by atoms with Gasteiger partial charge in [0.2, 0.25) is 0 Å². The van der Waals surface area contributed by atoms with E-state index in [1.807, 2.05) is 0 Å². The second kappa shape index (κ2) is 2.59. The van der Waals surface area contributed by atoms with Crippen molar-refractivity contribution in [2.24, 2.45) is 0 Å². The summed E-state index contributed by atoms with van der Waals surface area (Å²) in [5.41, 5.74) is 3.14. The van der Waals surface area contributed by atoms with Gasteiger partial charge in [-0.2, -0.15) is 0 Å². The van der Waals surface area contributed by atoms with Crippen molar-refractivity contribution in [3.05, 3.63) is 28.8 Å². The molecule has 2 aliphatic rings. The second-order valence-corrected chi connectivity index (χ2v) is 9.52. The van der Waals surface area contributed by atoms with E-state index in [-0.39, 0.29) is 0 Å². The largest absolute Gasteiger partial charge is 0.0806 e. The highest BCUT2D eigenvalue weighted by molar-refractivity contribution is 6.85. The van der Waals surface area contributed by atoms with Gasteiger partial charge in [0.15, 0.2) is 0 Å². The van der Waals surface area contributed by atoms with Crippen LogP contribution in [0.4, 0.5) is 0 Å². The molecule has 0 saturated heterocycles. The standard InChI is InChI=1S/C11H17Si/c1-9-7-10-5-4-6-12(2,3)11(10)8-9/h7-8H,4-6H2,1-3H3. The molecule has 0 nitrogen and oxygen atoms in total. The molecule has 1 aliphatic carbocycles. The van der Waals surface area contributed by atoms with Crippen molar-refractivity contribution in [3.63, 3.8) is 0 Å². The summed E-state index contributed by atoms with van der Waals surface area (Å²) >= 11 is 0. The number of rotatable bonds is 0. The molecule has 0 bridgehead atoms. The predicted molar refractivity (Wildman–Crippen MR) is 56.6 cm³/mol. The Hall–Kier alpha value is -0.303. The van der Waals surface area contributed by atoms with Crippen LogP contribution in [-0.4, -0.2) is 8.07 Å². The van der Waals surface area contributed by atoms with Gasteiger partial charge in [-0.1, -0.05) is 48.0 Å². The zero-order chi connectivity index (χ0) is 8.77. The molecule has 0 saturated carbocycles. The van der Waals surface area contributed by atoms with E-state index in [0.29, 0.717) is 0 Å². The second-order valence-electron chi connectivity index (χ2n) is 4.71. The Morgan fingerprint density at radius 3 is 2.75 bits per heavy atom. The molecule has 1 heteroatoms. The SMILES string of the molecule is CC1=CC2=C([CH]1)CCC[Si]2(C)C. The highest BCUT2D eigenvalue weighted by atomic mass is 28.3. The van der Waals surface area contributed by atoms with Crippen LogP contribution >= 0.6 is 0 Å². The Labute approximate surface area is 76.4 Å². The zero-order valence-electron chi connectivity index (χ0n) is 8.28. The van der Waals surface area contributed by atoms with E-state index in [4.69, 9.17) is 0 Å². The number of hydrogen-bond acceptors (Lipinski definition) is 0. The lowest BCUT2D eigenvalue weighted by atomic mass is 10.1. The molecule has 0 spiro atoms. The quantitative estimate of drug-likeness (QED) is 0.497. The van der Waals surface area contributed by atoms with Crippen molar-refractivity contribution < 1.29 is 0 Å². The first-order chi connectivity index (χ1) is 5.59. The maximum absolute atomic E-state index is 2.50. The van der Waals surface area contributed by atoms with Crippen molar-refractivity contribution in [2.75, 3.05) is 0 Å². The lowest BCUT2D eigenvalue weighted by Crippen LogP contribution is -2.30. The van der Waals surface area contributed by atoms with E-state index in [0.717, 1.165) is 0 Å². The zero-order valence-corrected chi connectivity index (χ0v) is 9.28. The molecule has 0 aromatic carbocycles. The topological polar surface area (TPSA) is 0 Å². The lowest BCUT2D eigenvalue weighted by Gasteiger charge is -2.29. The van der Waals surface area contributed by atoms with Crippen LogP contribution in [0, 0.1) is 6.42 Å². The third-order valence-electron chi connectivity index (χ3n) is 3.10. The summed E-state index contributed by atoms with van der Waals surface area (Å²) in [4.78, 5) is 0. The predicted octanol–water partition coefficient (Wildman–Crippen LogP) is 3.49. The molecular formula is C11H17Si. The van der Waals surface area contributed by atoms with Gasteiger partial charge in [0, 0.05) is 6.42 Å². The first-order valence-electron chi connectivity index (χ1n) is 4.86. The van der Waals surface area contributed by atoms with Gasteiger partial charge in [0.25, 0.3) is 0 Å². The third-order valence-corrected chi connectivity index (χ3v) is 6.62. The van der Waals surface area contributed by atoms with Crippen molar-refractivity contribution in [1.82, 2.24) is 0 Å². The maximum atomic E-state index is 2.50. The minimum atomic E-state index is -0.990. The Morgan fingerprint density at radius 1 is 1.33 bits per heavy atom. The molecule has 12 heavy (non-hydrogen) atoms. The maximum Gasteiger partial charge on any atom is 0.0806 e. The highest BCUT2D eigenvalue weighted by Gasteiger charge is 2.32. The molecular weight excluding hydrogens is 160 g/mol. The Balaban J connectivity index is 2.37. The lowest BCUT2D eigenvalue weighted by molar-refractivity contribution is 0.876. The third kappa shape index (κ3) is 1.20. The summed E-state index contributed by atoms with van der Waals surface area (Å²) in [6, 6.07) is 1.49. The molecule has 2 rings (SSSR count). The fourth-order valence-electron chi connectivity index (χ4n) is 2.41. The van der Waals surface area contributed by atoms with Crippen LogP contribution in [0.1, 0.15) is 19.8 Å². The summed E-state index contributed by atoms with van der Waals surface area (Å²) in [6.45, 7) is 7.23. The van der Waals surface area contributed by atoms with Gasteiger partial charge < -0.3 is 0 Å². The monoisotopic (exact) mass is 177 g/mol. The average molecular weight is 177 g/mol. The summed E-state index contributed by atoms with van der Waals surface area (Å²) in [7, 11) is -0.990. The van der Waals surface area contributed by atoms with Crippen molar-refractivity contribution in [2.45, 2.75) is 38.9 Å². The van der Waals surface area contributed by atoms with E-state index in [1.54, 1.807) is 10.8 Å². The smallest absolute Gasteiger partial charge is 0.0654 e.